The quantitative estimate of drug-likeness (QED) is 0.217. The smallest absolute Gasteiger partial charge is 0.415 e. The zero-order valence-corrected chi connectivity index (χ0v) is 18.6. The Morgan fingerprint density at radius 3 is 2.48 bits per heavy atom. The number of aryl methyl sites for hydroxylation is 1. The first-order chi connectivity index (χ1) is 14.8. The summed E-state index contributed by atoms with van der Waals surface area (Å²) in [5, 5.41) is 8.74. The van der Waals surface area contributed by atoms with Crippen molar-refractivity contribution in [3.63, 3.8) is 0 Å². The highest BCUT2D eigenvalue weighted by Gasteiger charge is 2.59. The molecular formula is C23H29F2O5S-. The average molecular weight is 456 g/mol. The van der Waals surface area contributed by atoms with Crippen LogP contribution in [0, 0.1) is 17.3 Å². The van der Waals surface area contributed by atoms with Gasteiger partial charge in [-0.2, -0.15) is 13.1 Å². The molecule has 5 nitrogen and oxygen atoms in total. The lowest BCUT2D eigenvalue weighted by Gasteiger charge is -2.62. The van der Waals surface area contributed by atoms with Gasteiger partial charge in [-0.3, -0.25) is 5.04 Å². The largest absolute Gasteiger partial charge is 0.691 e. The first kappa shape index (κ1) is 23.0. The van der Waals surface area contributed by atoms with Gasteiger partial charge in [-0.25, -0.2) is 4.79 Å². The van der Waals surface area contributed by atoms with E-state index < -0.39 is 23.3 Å². The fraction of sp³-hybridized carbons (Fsp3) is 0.696. The number of carbonyl (C=O) groups is 1. The number of benzene rings is 1. The van der Waals surface area contributed by atoms with Gasteiger partial charge in [0.1, 0.15) is 12.0 Å². The molecule has 0 aliphatic heterocycles. The van der Waals surface area contributed by atoms with Crippen molar-refractivity contribution in [3.8, 4) is 0 Å². The van der Waals surface area contributed by atoms with E-state index in [1.165, 1.54) is 30.4 Å². The van der Waals surface area contributed by atoms with Crippen molar-refractivity contribution in [1.29, 1.82) is 0 Å². The molecule has 2 atom stereocenters. The van der Waals surface area contributed by atoms with Crippen molar-refractivity contribution in [2.75, 3.05) is 6.61 Å². The highest BCUT2D eigenvalue weighted by molar-refractivity contribution is 7.96. The van der Waals surface area contributed by atoms with Gasteiger partial charge in [0.15, 0.2) is 0 Å². The number of hydrogen-bond donors (Lipinski definition) is 0. The monoisotopic (exact) mass is 455 g/mol. The van der Waals surface area contributed by atoms with Gasteiger partial charge in [-0.05, 0) is 79.7 Å². The van der Waals surface area contributed by atoms with Gasteiger partial charge in [-0.15, -0.1) is 0 Å². The molecule has 31 heavy (non-hydrogen) atoms. The molecule has 8 heteroatoms. The highest BCUT2D eigenvalue weighted by Crippen LogP contribution is 2.65. The molecule has 0 saturated heterocycles. The Kier molecular flexibility index (Phi) is 6.64. The first-order valence-electron chi connectivity index (χ1n) is 11.1. The molecule has 0 amide bonds. The molecule has 0 aromatic heterocycles. The predicted octanol–water partition coefficient (Wildman–Crippen LogP) is 4.87. The lowest BCUT2D eigenvalue weighted by molar-refractivity contribution is -0.777. The second-order valence-corrected chi connectivity index (χ2v) is 10.7. The van der Waals surface area contributed by atoms with Crippen LogP contribution in [0.2, 0.25) is 0 Å². The van der Waals surface area contributed by atoms with Gasteiger partial charge in [0.25, 0.3) is 0 Å². The molecule has 1 aromatic rings. The zero-order chi connectivity index (χ0) is 22.1. The maximum Gasteiger partial charge on any atom is 0.415 e. The van der Waals surface area contributed by atoms with Crippen molar-refractivity contribution in [2.45, 2.75) is 75.4 Å². The molecule has 4 aliphatic rings. The molecule has 4 bridgehead atoms. The van der Waals surface area contributed by atoms with Crippen molar-refractivity contribution < 1.29 is 32.9 Å². The van der Waals surface area contributed by atoms with Crippen LogP contribution in [-0.4, -0.2) is 17.8 Å². The molecule has 172 valence electrons. The summed E-state index contributed by atoms with van der Waals surface area (Å²) in [5.41, 5.74) is 2.45. The van der Waals surface area contributed by atoms with Gasteiger partial charge < -0.3 is 9.99 Å². The molecule has 5 rings (SSSR count). The van der Waals surface area contributed by atoms with Crippen LogP contribution < -0.4 is 5.26 Å². The van der Waals surface area contributed by atoms with Crippen molar-refractivity contribution in [2.24, 2.45) is 17.3 Å². The van der Waals surface area contributed by atoms with Gasteiger partial charge in [0.05, 0.1) is 6.61 Å². The molecule has 0 heterocycles. The summed E-state index contributed by atoms with van der Waals surface area (Å²) in [6.45, 7) is 2.17. The zero-order valence-electron chi connectivity index (χ0n) is 17.7. The number of hydrogen-bond acceptors (Lipinski definition) is 6. The Morgan fingerprint density at radius 1 is 1.19 bits per heavy atom. The van der Waals surface area contributed by atoms with E-state index in [0.29, 0.717) is 11.8 Å². The third-order valence-electron chi connectivity index (χ3n) is 7.48. The van der Waals surface area contributed by atoms with Crippen molar-refractivity contribution >= 4 is 18.0 Å². The van der Waals surface area contributed by atoms with Gasteiger partial charge in [0, 0.05) is 5.41 Å². The number of alkyl halides is 2. The SMILES string of the molecule is CCCCc1ccc(C23CC4CC(CC(COC(=O)C(F)(F)SOO[O-])(C4)C2)C3)cc1. The molecule has 2 unspecified atom stereocenters. The number of rotatable bonds is 10. The normalized spacial score (nSPS) is 31.7. The maximum absolute atomic E-state index is 13.8. The minimum Gasteiger partial charge on any atom is -0.691 e. The van der Waals surface area contributed by atoms with Crippen LogP contribution in [0.3, 0.4) is 0 Å². The number of esters is 1. The van der Waals surface area contributed by atoms with E-state index in [1.807, 2.05) is 0 Å². The highest BCUT2D eigenvalue weighted by atomic mass is 32.2. The Hall–Kier alpha value is -1.22. The van der Waals surface area contributed by atoms with E-state index in [4.69, 9.17) is 4.74 Å². The molecule has 0 radical (unpaired) electrons. The van der Waals surface area contributed by atoms with Gasteiger partial charge >= 0.3 is 11.2 Å². The minimum absolute atomic E-state index is 0.0243. The van der Waals surface area contributed by atoms with Crippen LogP contribution in [-0.2, 0) is 30.7 Å². The average Bonchev–Trinajstić information content (AvgIpc) is 2.74. The Bertz CT molecular complexity index is 771. The second-order valence-electron chi connectivity index (χ2n) is 9.85. The molecule has 4 fully saturated rings. The van der Waals surface area contributed by atoms with Crippen LogP contribution in [0.15, 0.2) is 24.3 Å². The Morgan fingerprint density at radius 2 is 1.87 bits per heavy atom. The van der Waals surface area contributed by atoms with E-state index >= 15 is 0 Å². The lowest BCUT2D eigenvalue weighted by Crippen LogP contribution is -2.55. The number of halogens is 2. The van der Waals surface area contributed by atoms with Gasteiger partial charge in [0.2, 0.25) is 0 Å². The Balaban J connectivity index is 1.47. The van der Waals surface area contributed by atoms with E-state index in [0.717, 1.165) is 38.5 Å². The fourth-order valence-electron chi connectivity index (χ4n) is 6.76. The predicted molar refractivity (Wildman–Crippen MR) is 110 cm³/mol. The maximum atomic E-state index is 13.8. The molecule has 0 N–H and O–H groups in total. The second kappa shape index (κ2) is 8.96. The number of carbonyl (C=O) groups excluding carboxylic acids is 1. The summed E-state index contributed by atoms with van der Waals surface area (Å²) in [6.07, 6.45) is 9.52. The Labute approximate surface area is 185 Å². The molecule has 1 aromatic carbocycles. The summed E-state index contributed by atoms with van der Waals surface area (Å²) >= 11 is -0.636. The summed E-state index contributed by atoms with van der Waals surface area (Å²) in [6, 6.07) is 8.96. The summed E-state index contributed by atoms with van der Waals surface area (Å²) < 4.78 is 36.3. The lowest BCUT2D eigenvalue weighted by atomic mass is 9.43. The van der Waals surface area contributed by atoms with Crippen LogP contribution in [0.25, 0.3) is 0 Å². The van der Waals surface area contributed by atoms with Gasteiger partial charge in [-0.1, -0.05) is 37.6 Å². The summed E-state index contributed by atoms with van der Waals surface area (Å²) in [4.78, 5) is 11.9. The van der Waals surface area contributed by atoms with Crippen LogP contribution in [0.5, 0.6) is 0 Å². The number of ether oxygens (including phenoxy) is 1. The molecule has 4 aliphatic carbocycles. The number of unbranched alkanes of at least 4 members (excludes halogenated alkanes) is 1. The fourth-order valence-corrected chi connectivity index (χ4v) is 7.00. The minimum atomic E-state index is -3.99. The van der Waals surface area contributed by atoms with Crippen LogP contribution in [0.4, 0.5) is 8.78 Å². The van der Waals surface area contributed by atoms with E-state index in [9.17, 15) is 18.8 Å². The van der Waals surface area contributed by atoms with E-state index in [1.54, 1.807) is 0 Å². The van der Waals surface area contributed by atoms with Crippen molar-refractivity contribution in [3.05, 3.63) is 35.4 Å². The summed E-state index contributed by atoms with van der Waals surface area (Å²) in [7, 11) is 0. The van der Waals surface area contributed by atoms with Crippen LogP contribution >= 0.6 is 12.0 Å². The standard InChI is InChI=1S/C23H30F2O5S/c1-2-3-4-16-5-7-19(8-6-16)22-12-17-9-18(13-22)11-21(10-17,14-22)15-28-20(26)23(24,25)31-30-29-27/h5-8,17-18,27H,2-4,9-15H2,1H3/p-1. The third-order valence-corrected chi connectivity index (χ3v) is 7.98. The van der Waals surface area contributed by atoms with Crippen molar-refractivity contribution in [1.82, 2.24) is 0 Å². The molecular weight excluding hydrogens is 426 g/mol. The van der Waals surface area contributed by atoms with E-state index in [-0.39, 0.29) is 17.4 Å². The first-order valence-corrected chi connectivity index (χ1v) is 11.8. The summed E-state index contributed by atoms with van der Waals surface area (Å²) in [5.74, 6) is -0.627. The third kappa shape index (κ3) is 4.77. The van der Waals surface area contributed by atoms with E-state index in [2.05, 4.69) is 40.6 Å². The molecule has 4 saturated carbocycles. The topological polar surface area (TPSA) is 67.8 Å². The van der Waals surface area contributed by atoms with Crippen LogP contribution in [0.1, 0.15) is 69.4 Å². The molecule has 0 spiro atoms.